The summed E-state index contributed by atoms with van der Waals surface area (Å²) in [5, 5.41) is 0. The summed E-state index contributed by atoms with van der Waals surface area (Å²) < 4.78 is 2.47. The smallest absolute Gasteiger partial charge is 0.172 e. The molecule has 0 spiro atoms. The fraction of sp³-hybridized carbons (Fsp3) is 0.273. The third-order valence-electron chi connectivity index (χ3n) is 2.31. The Morgan fingerprint density at radius 3 is 2.61 bits per heavy atom. The SMILES string of the molecule is CC(C)c1nc(-c2cc(Br)c(Cl)s2)nc(N)c1I. The van der Waals surface area contributed by atoms with Gasteiger partial charge in [0.25, 0.3) is 0 Å². The molecule has 0 atom stereocenters. The van der Waals surface area contributed by atoms with Gasteiger partial charge in [-0.2, -0.15) is 0 Å². The van der Waals surface area contributed by atoms with Gasteiger partial charge in [0.05, 0.1) is 14.1 Å². The zero-order valence-corrected chi connectivity index (χ0v) is 15.0. The molecule has 2 N–H and O–H groups in total. The van der Waals surface area contributed by atoms with Crippen LogP contribution in [0.1, 0.15) is 25.5 Å². The molecule has 2 rings (SSSR count). The number of nitrogens with zero attached hydrogens (tertiary/aromatic N) is 2. The van der Waals surface area contributed by atoms with E-state index in [1.165, 1.54) is 11.3 Å². The Balaban J connectivity index is 2.58. The van der Waals surface area contributed by atoms with E-state index < -0.39 is 0 Å². The van der Waals surface area contributed by atoms with Crippen molar-refractivity contribution in [2.45, 2.75) is 19.8 Å². The highest BCUT2D eigenvalue weighted by molar-refractivity contribution is 14.1. The molecule has 0 aliphatic rings. The van der Waals surface area contributed by atoms with Gasteiger partial charge in [-0.05, 0) is 50.5 Å². The van der Waals surface area contributed by atoms with Crippen LogP contribution in [-0.2, 0) is 0 Å². The van der Waals surface area contributed by atoms with Crippen molar-refractivity contribution in [3.05, 3.63) is 24.1 Å². The number of aromatic nitrogens is 2. The van der Waals surface area contributed by atoms with Crippen LogP contribution in [0.5, 0.6) is 0 Å². The van der Waals surface area contributed by atoms with Crippen molar-refractivity contribution in [1.29, 1.82) is 0 Å². The van der Waals surface area contributed by atoms with E-state index in [0.717, 1.165) is 18.6 Å². The zero-order chi connectivity index (χ0) is 13.4. The van der Waals surface area contributed by atoms with Crippen LogP contribution in [0, 0.1) is 3.57 Å². The Morgan fingerprint density at radius 1 is 1.44 bits per heavy atom. The lowest BCUT2D eigenvalue weighted by atomic mass is 10.1. The van der Waals surface area contributed by atoms with Crippen molar-refractivity contribution in [2.24, 2.45) is 0 Å². The summed E-state index contributed by atoms with van der Waals surface area (Å²) in [6, 6.07) is 1.92. The molecule has 3 nitrogen and oxygen atoms in total. The molecule has 0 saturated heterocycles. The van der Waals surface area contributed by atoms with E-state index >= 15 is 0 Å². The second-order valence-electron chi connectivity index (χ2n) is 4.02. The van der Waals surface area contributed by atoms with Gasteiger partial charge < -0.3 is 5.73 Å². The van der Waals surface area contributed by atoms with E-state index in [1.807, 2.05) is 6.07 Å². The molecule has 2 heterocycles. The van der Waals surface area contributed by atoms with Gasteiger partial charge >= 0.3 is 0 Å². The number of rotatable bonds is 2. The molecule has 0 saturated carbocycles. The molecule has 0 aliphatic heterocycles. The summed E-state index contributed by atoms with van der Waals surface area (Å²) in [7, 11) is 0. The van der Waals surface area contributed by atoms with E-state index in [0.29, 0.717) is 21.9 Å². The highest BCUT2D eigenvalue weighted by Gasteiger charge is 2.16. The number of hydrogen-bond acceptors (Lipinski definition) is 4. The van der Waals surface area contributed by atoms with Crippen LogP contribution in [0.3, 0.4) is 0 Å². The monoisotopic (exact) mass is 457 g/mol. The van der Waals surface area contributed by atoms with Crippen molar-refractivity contribution < 1.29 is 0 Å². The van der Waals surface area contributed by atoms with E-state index in [9.17, 15) is 0 Å². The molecule has 2 aromatic rings. The summed E-state index contributed by atoms with van der Waals surface area (Å²) >= 11 is 13.0. The fourth-order valence-corrected chi connectivity index (χ4v) is 3.93. The molecule has 7 heteroatoms. The fourth-order valence-electron chi connectivity index (χ4n) is 1.43. The van der Waals surface area contributed by atoms with Gasteiger partial charge in [0.15, 0.2) is 5.82 Å². The summed E-state index contributed by atoms with van der Waals surface area (Å²) in [5.41, 5.74) is 6.91. The normalized spacial score (nSPS) is 11.2. The Bertz CT molecular complexity index is 581. The highest BCUT2D eigenvalue weighted by atomic mass is 127. The molecule has 0 fully saturated rings. The van der Waals surface area contributed by atoms with Crippen LogP contribution in [0.15, 0.2) is 10.5 Å². The number of hydrogen-bond donors (Lipinski definition) is 1. The summed E-state index contributed by atoms with van der Waals surface area (Å²) in [4.78, 5) is 9.83. The van der Waals surface area contributed by atoms with E-state index in [4.69, 9.17) is 17.3 Å². The Hall–Kier alpha value is 0.0800. The quantitative estimate of drug-likeness (QED) is 0.650. The molecule has 96 valence electrons. The maximum absolute atomic E-state index is 6.04. The van der Waals surface area contributed by atoms with Gasteiger partial charge in [0.1, 0.15) is 10.2 Å². The standard InChI is InChI=1S/C11H10BrClIN3S/c1-4(2)8-7(14)10(15)17-11(16-8)6-3-5(12)9(13)18-6/h3-4H,1-2H3,(H2,15,16,17). The van der Waals surface area contributed by atoms with Gasteiger partial charge in [-0.3, -0.25) is 0 Å². The maximum Gasteiger partial charge on any atom is 0.172 e. The minimum atomic E-state index is 0.305. The van der Waals surface area contributed by atoms with E-state index in [2.05, 4.69) is 62.3 Å². The first-order valence-electron chi connectivity index (χ1n) is 5.18. The average molecular weight is 459 g/mol. The number of thiophene rings is 1. The van der Waals surface area contributed by atoms with Crippen LogP contribution in [0.25, 0.3) is 10.7 Å². The molecule has 2 aromatic heterocycles. The van der Waals surface area contributed by atoms with Gasteiger partial charge in [-0.15, -0.1) is 11.3 Å². The number of halogens is 3. The van der Waals surface area contributed by atoms with E-state index in [1.54, 1.807) is 0 Å². The lowest BCUT2D eigenvalue weighted by Crippen LogP contribution is -2.05. The largest absolute Gasteiger partial charge is 0.383 e. The van der Waals surface area contributed by atoms with Crippen LogP contribution < -0.4 is 5.73 Å². The lowest BCUT2D eigenvalue weighted by Gasteiger charge is -2.10. The van der Waals surface area contributed by atoms with Gasteiger partial charge in [0.2, 0.25) is 0 Å². The summed E-state index contributed by atoms with van der Waals surface area (Å²) in [6.45, 7) is 4.18. The van der Waals surface area contributed by atoms with Crippen LogP contribution >= 0.6 is 61.5 Å². The molecule has 0 bridgehead atoms. The molecule has 18 heavy (non-hydrogen) atoms. The molecule has 0 unspecified atom stereocenters. The topological polar surface area (TPSA) is 51.8 Å². The molecule has 0 aromatic carbocycles. The molecular formula is C11H10BrClIN3S. The second-order valence-corrected chi connectivity index (χ2v) is 7.61. The van der Waals surface area contributed by atoms with E-state index in [-0.39, 0.29) is 0 Å². The third kappa shape index (κ3) is 2.81. The Morgan fingerprint density at radius 2 is 2.11 bits per heavy atom. The molecule has 0 radical (unpaired) electrons. The summed E-state index contributed by atoms with van der Waals surface area (Å²) in [5.74, 6) is 1.46. The molecular weight excluding hydrogens is 448 g/mol. The van der Waals surface area contributed by atoms with Gasteiger partial charge in [0, 0.05) is 4.47 Å². The Kier molecular flexibility index (Phi) is 4.51. The Labute approximate surface area is 136 Å². The minimum absolute atomic E-state index is 0.305. The number of nitrogen functional groups attached to an aromatic ring is 1. The van der Waals surface area contributed by atoms with Crippen molar-refractivity contribution >= 4 is 67.3 Å². The van der Waals surface area contributed by atoms with Crippen LogP contribution in [0.2, 0.25) is 4.34 Å². The highest BCUT2D eigenvalue weighted by Crippen LogP contribution is 2.37. The first kappa shape index (κ1) is 14.5. The molecule has 0 amide bonds. The average Bonchev–Trinajstić information content (AvgIpc) is 2.62. The second kappa shape index (κ2) is 5.60. The zero-order valence-electron chi connectivity index (χ0n) is 9.67. The van der Waals surface area contributed by atoms with Gasteiger partial charge in [-0.25, -0.2) is 9.97 Å². The molecule has 0 aliphatic carbocycles. The number of anilines is 1. The maximum atomic E-state index is 6.04. The van der Waals surface area contributed by atoms with Crippen LogP contribution in [0.4, 0.5) is 5.82 Å². The van der Waals surface area contributed by atoms with Gasteiger partial charge in [-0.1, -0.05) is 25.4 Å². The van der Waals surface area contributed by atoms with Crippen molar-refractivity contribution in [2.75, 3.05) is 5.73 Å². The predicted octanol–water partition coefficient (Wildman–Crippen LogP) is 4.93. The van der Waals surface area contributed by atoms with Crippen molar-refractivity contribution in [3.8, 4) is 10.7 Å². The third-order valence-corrected chi connectivity index (χ3v) is 5.89. The van der Waals surface area contributed by atoms with Crippen molar-refractivity contribution in [3.63, 3.8) is 0 Å². The lowest BCUT2D eigenvalue weighted by molar-refractivity contribution is 0.810. The first-order valence-corrected chi connectivity index (χ1v) is 8.25. The first-order chi connectivity index (χ1) is 8.40. The van der Waals surface area contributed by atoms with Crippen molar-refractivity contribution in [1.82, 2.24) is 9.97 Å². The van der Waals surface area contributed by atoms with Crippen LogP contribution in [-0.4, -0.2) is 9.97 Å². The predicted molar refractivity (Wildman–Crippen MR) is 89.3 cm³/mol. The number of nitrogens with two attached hydrogens (primary N) is 1. The summed E-state index contributed by atoms with van der Waals surface area (Å²) in [6.07, 6.45) is 0. The minimum Gasteiger partial charge on any atom is -0.383 e.